The van der Waals surface area contributed by atoms with E-state index in [0.29, 0.717) is 12.2 Å². The first-order chi connectivity index (χ1) is 6.42. The lowest BCUT2D eigenvalue weighted by Gasteiger charge is -2.07. The van der Waals surface area contributed by atoms with Crippen molar-refractivity contribution >= 4 is 11.4 Å². The van der Waals surface area contributed by atoms with E-state index in [1.165, 1.54) is 0 Å². The Morgan fingerprint density at radius 2 is 2.23 bits per heavy atom. The van der Waals surface area contributed by atoms with Crippen molar-refractivity contribution in [1.82, 2.24) is 5.32 Å². The molecule has 1 aliphatic rings. The molecule has 1 aromatic rings. The van der Waals surface area contributed by atoms with E-state index in [1.54, 1.807) is 6.07 Å². The zero-order chi connectivity index (χ0) is 9.10. The SMILES string of the molecule is O=Nc1cccc2c1CNCCN2. The highest BCUT2D eigenvalue weighted by atomic mass is 16.3. The Kier molecular flexibility index (Phi) is 2.23. The summed E-state index contributed by atoms with van der Waals surface area (Å²) >= 11 is 0. The second-order valence-electron chi connectivity index (χ2n) is 3.00. The highest BCUT2D eigenvalue weighted by Gasteiger charge is 2.10. The zero-order valence-corrected chi connectivity index (χ0v) is 7.21. The second kappa shape index (κ2) is 3.53. The van der Waals surface area contributed by atoms with Crippen LogP contribution in [0.25, 0.3) is 0 Å². The minimum Gasteiger partial charge on any atom is -0.383 e. The molecule has 1 aromatic carbocycles. The molecule has 0 saturated carbocycles. The zero-order valence-electron chi connectivity index (χ0n) is 7.21. The van der Waals surface area contributed by atoms with Gasteiger partial charge in [-0.15, -0.1) is 4.91 Å². The van der Waals surface area contributed by atoms with Crippen molar-refractivity contribution in [2.75, 3.05) is 18.4 Å². The lowest BCUT2D eigenvalue weighted by atomic mass is 10.1. The minimum absolute atomic E-state index is 0.527. The molecule has 0 spiro atoms. The number of hydrogen-bond donors (Lipinski definition) is 2. The third kappa shape index (κ3) is 1.53. The molecule has 1 heterocycles. The molecule has 4 nitrogen and oxygen atoms in total. The maximum Gasteiger partial charge on any atom is 0.114 e. The molecule has 0 aromatic heterocycles. The molecule has 0 amide bonds. The lowest BCUT2D eigenvalue weighted by molar-refractivity contribution is 0.725. The van der Waals surface area contributed by atoms with Gasteiger partial charge in [0, 0.05) is 30.9 Å². The summed E-state index contributed by atoms with van der Waals surface area (Å²) in [5.41, 5.74) is 2.51. The molecule has 13 heavy (non-hydrogen) atoms. The number of nitrogens with one attached hydrogen (secondary N) is 2. The van der Waals surface area contributed by atoms with Gasteiger partial charge in [-0.3, -0.25) is 0 Å². The van der Waals surface area contributed by atoms with Gasteiger partial charge in [-0.05, 0) is 17.3 Å². The van der Waals surface area contributed by atoms with Gasteiger partial charge in [0.15, 0.2) is 0 Å². The fourth-order valence-corrected chi connectivity index (χ4v) is 1.51. The molecule has 0 fully saturated rings. The van der Waals surface area contributed by atoms with E-state index in [0.717, 1.165) is 24.3 Å². The van der Waals surface area contributed by atoms with Crippen LogP contribution in [0.15, 0.2) is 23.4 Å². The van der Waals surface area contributed by atoms with Crippen LogP contribution in [0.5, 0.6) is 0 Å². The van der Waals surface area contributed by atoms with Crippen LogP contribution < -0.4 is 10.6 Å². The van der Waals surface area contributed by atoms with Crippen molar-refractivity contribution in [3.05, 3.63) is 28.7 Å². The van der Waals surface area contributed by atoms with E-state index in [2.05, 4.69) is 15.8 Å². The second-order valence-corrected chi connectivity index (χ2v) is 3.00. The van der Waals surface area contributed by atoms with Crippen molar-refractivity contribution in [2.45, 2.75) is 6.54 Å². The Morgan fingerprint density at radius 1 is 1.31 bits per heavy atom. The first-order valence-electron chi connectivity index (χ1n) is 4.31. The van der Waals surface area contributed by atoms with Crippen molar-refractivity contribution in [1.29, 1.82) is 0 Å². The Labute approximate surface area is 76.3 Å². The largest absolute Gasteiger partial charge is 0.383 e. The van der Waals surface area contributed by atoms with Gasteiger partial charge >= 0.3 is 0 Å². The molecular formula is C9H11N3O. The van der Waals surface area contributed by atoms with Gasteiger partial charge < -0.3 is 10.6 Å². The Bertz CT molecular complexity index is 325. The number of anilines is 1. The maximum absolute atomic E-state index is 10.5. The van der Waals surface area contributed by atoms with Crippen LogP contribution in [0.1, 0.15) is 5.56 Å². The maximum atomic E-state index is 10.5. The first kappa shape index (κ1) is 8.19. The molecule has 1 aliphatic heterocycles. The van der Waals surface area contributed by atoms with Gasteiger partial charge in [-0.25, -0.2) is 0 Å². The average Bonchev–Trinajstić information content (AvgIpc) is 2.41. The van der Waals surface area contributed by atoms with Crippen molar-refractivity contribution in [3.8, 4) is 0 Å². The third-order valence-corrected chi connectivity index (χ3v) is 2.17. The van der Waals surface area contributed by atoms with Gasteiger partial charge in [0.1, 0.15) is 5.69 Å². The molecule has 68 valence electrons. The highest BCUT2D eigenvalue weighted by Crippen LogP contribution is 2.27. The summed E-state index contributed by atoms with van der Waals surface area (Å²) in [5, 5.41) is 9.45. The fourth-order valence-electron chi connectivity index (χ4n) is 1.51. The Hall–Kier alpha value is -1.42. The highest BCUT2D eigenvalue weighted by molar-refractivity contribution is 5.63. The summed E-state index contributed by atoms with van der Waals surface area (Å²) in [5.74, 6) is 0. The van der Waals surface area contributed by atoms with Crippen LogP contribution in [0.4, 0.5) is 11.4 Å². The standard InChI is InChI=1S/C9H11N3O/c13-12-9-3-1-2-8-7(9)6-10-4-5-11-8/h1-3,10-11H,4-6H2. The number of benzene rings is 1. The first-order valence-corrected chi connectivity index (χ1v) is 4.31. The summed E-state index contributed by atoms with van der Waals surface area (Å²) in [4.78, 5) is 10.5. The molecule has 2 N–H and O–H groups in total. The summed E-state index contributed by atoms with van der Waals surface area (Å²) in [7, 11) is 0. The number of nitrogens with zero attached hydrogens (tertiary/aromatic N) is 1. The minimum atomic E-state index is 0.527. The van der Waals surface area contributed by atoms with Crippen molar-refractivity contribution in [2.24, 2.45) is 5.18 Å². The molecule has 0 atom stereocenters. The predicted molar refractivity (Wildman–Crippen MR) is 52.1 cm³/mol. The van der Waals surface area contributed by atoms with E-state index in [-0.39, 0.29) is 0 Å². The number of nitroso groups, excluding NO2 is 1. The summed E-state index contributed by atoms with van der Waals surface area (Å²) in [6.45, 7) is 2.51. The fraction of sp³-hybridized carbons (Fsp3) is 0.333. The van der Waals surface area contributed by atoms with Crippen LogP contribution >= 0.6 is 0 Å². The average molecular weight is 177 g/mol. The van der Waals surface area contributed by atoms with Crippen LogP contribution in [0, 0.1) is 4.91 Å². The summed E-state index contributed by atoms with van der Waals surface area (Å²) < 4.78 is 0. The quantitative estimate of drug-likeness (QED) is 0.640. The Morgan fingerprint density at radius 3 is 3.08 bits per heavy atom. The van der Waals surface area contributed by atoms with Crippen LogP contribution in [0.2, 0.25) is 0 Å². The molecular weight excluding hydrogens is 166 g/mol. The summed E-state index contributed by atoms with van der Waals surface area (Å²) in [6, 6.07) is 5.55. The third-order valence-electron chi connectivity index (χ3n) is 2.17. The number of rotatable bonds is 1. The molecule has 0 bridgehead atoms. The molecule has 0 radical (unpaired) electrons. The van der Waals surface area contributed by atoms with Crippen molar-refractivity contribution < 1.29 is 0 Å². The van der Waals surface area contributed by atoms with E-state index in [4.69, 9.17) is 0 Å². The smallest absolute Gasteiger partial charge is 0.114 e. The molecule has 2 rings (SSSR count). The lowest BCUT2D eigenvalue weighted by Crippen LogP contribution is -2.16. The van der Waals surface area contributed by atoms with Gasteiger partial charge in [0.25, 0.3) is 0 Å². The van der Waals surface area contributed by atoms with Crippen molar-refractivity contribution in [3.63, 3.8) is 0 Å². The number of hydrogen-bond acceptors (Lipinski definition) is 4. The van der Waals surface area contributed by atoms with E-state index in [9.17, 15) is 4.91 Å². The molecule has 0 unspecified atom stereocenters. The van der Waals surface area contributed by atoms with Crippen LogP contribution in [-0.4, -0.2) is 13.1 Å². The van der Waals surface area contributed by atoms with E-state index < -0.39 is 0 Å². The van der Waals surface area contributed by atoms with E-state index >= 15 is 0 Å². The number of fused-ring (bicyclic) bond motifs is 1. The van der Waals surface area contributed by atoms with Crippen LogP contribution in [0.3, 0.4) is 0 Å². The van der Waals surface area contributed by atoms with Gasteiger partial charge in [0.2, 0.25) is 0 Å². The molecule has 0 aliphatic carbocycles. The molecule has 4 heteroatoms. The summed E-state index contributed by atoms with van der Waals surface area (Å²) in [6.07, 6.45) is 0. The van der Waals surface area contributed by atoms with E-state index in [1.807, 2.05) is 12.1 Å². The van der Waals surface area contributed by atoms with Gasteiger partial charge in [-0.1, -0.05) is 6.07 Å². The van der Waals surface area contributed by atoms with Gasteiger partial charge in [-0.2, -0.15) is 0 Å². The topological polar surface area (TPSA) is 53.5 Å². The molecule has 0 saturated heterocycles. The normalized spacial score (nSPS) is 15.4. The van der Waals surface area contributed by atoms with Crippen LogP contribution in [-0.2, 0) is 6.54 Å². The monoisotopic (exact) mass is 177 g/mol. The van der Waals surface area contributed by atoms with Gasteiger partial charge in [0.05, 0.1) is 0 Å². The Balaban J connectivity index is 2.45. The predicted octanol–water partition coefficient (Wildman–Crippen LogP) is 1.60.